The van der Waals surface area contributed by atoms with Gasteiger partial charge >= 0.3 is 0 Å². The van der Waals surface area contributed by atoms with E-state index in [0.29, 0.717) is 11.8 Å². The van der Waals surface area contributed by atoms with Crippen molar-refractivity contribution in [2.45, 2.75) is 39.0 Å². The third kappa shape index (κ3) is 2.63. The summed E-state index contributed by atoms with van der Waals surface area (Å²) in [5.74, 6) is 10.4. The van der Waals surface area contributed by atoms with E-state index in [1.54, 1.807) is 0 Å². The third-order valence-electron chi connectivity index (χ3n) is 2.35. The quantitative estimate of drug-likeness (QED) is 0.517. The molecule has 0 N–H and O–H groups in total. The van der Waals surface area contributed by atoms with Gasteiger partial charge in [-0.2, -0.15) is 0 Å². The summed E-state index contributed by atoms with van der Waals surface area (Å²) in [4.78, 5) is 0. The van der Waals surface area contributed by atoms with Crippen LogP contribution >= 0.6 is 0 Å². The van der Waals surface area contributed by atoms with E-state index in [4.69, 9.17) is 6.42 Å². The monoisotopic (exact) mass is 160 g/mol. The van der Waals surface area contributed by atoms with Gasteiger partial charge in [-0.3, -0.25) is 0 Å². The Kier molecular flexibility index (Phi) is 3.75. The molecule has 2 unspecified atom stereocenters. The molecular formula is C12H16. The fraction of sp³-hybridized carbons (Fsp3) is 0.667. The molecule has 0 aliphatic heterocycles. The van der Waals surface area contributed by atoms with E-state index in [1.165, 1.54) is 12.8 Å². The summed E-state index contributed by atoms with van der Waals surface area (Å²) in [6.07, 6.45) is 11.1. The Labute approximate surface area is 75.7 Å². The lowest BCUT2D eigenvalue weighted by Crippen LogP contribution is -1.90. The van der Waals surface area contributed by atoms with Gasteiger partial charge in [0.15, 0.2) is 0 Å². The van der Waals surface area contributed by atoms with Gasteiger partial charge in [-0.15, -0.1) is 18.3 Å². The average Bonchev–Trinajstić information content (AvgIpc) is 2.53. The maximum atomic E-state index is 5.35. The van der Waals surface area contributed by atoms with E-state index in [0.717, 1.165) is 19.3 Å². The molecule has 0 heterocycles. The predicted octanol–water partition coefficient (Wildman–Crippen LogP) is 2.84. The molecule has 0 nitrogen and oxygen atoms in total. The number of terminal acetylenes is 1. The van der Waals surface area contributed by atoms with Crippen molar-refractivity contribution in [3.63, 3.8) is 0 Å². The van der Waals surface area contributed by atoms with Crippen LogP contribution in [0.1, 0.15) is 39.0 Å². The number of unbranched alkanes of at least 4 members (excludes halogenated alkanes) is 1. The van der Waals surface area contributed by atoms with Crippen molar-refractivity contribution in [2.75, 3.05) is 0 Å². The lowest BCUT2D eigenvalue weighted by molar-refractivity contribution is 0.668. The second-order valence-electron chi connectivity index (χ2n) is 3.44. The summed E-state index contributed by atoms with van der Waals surface area (Å²) in [6, 6.07) is 0. The van der Waals surface area contributed by atoms with E-state index < -0.39 is 0 Å². The maximum Gasteiger partial charge on any atom is 0.0215 e. The van der Waals surface area contributed by atoms with Gasteiger partial charge in [-0.05, 0) is 25.7 Å². The van der Waals surface area contributed by atoms with Crippen molar-refractivity contribution >= 4 is 0 Å². The van der Waals surface area contributed by atoms with Gasteiger partial charge in [0.25, 0.3) is 0 Å². The zero-order valence-corrected chi connectivity index (χ0v) is 7.77. The fourth-order valence-corrected chi connectivity index (χ4v) is 1.61. The Hall–Kier alpha value is -0.880. The molecule has 12 heavy (non-hydrogen) atoms. The van der Waals surface area contributed by atoms with Crippen LogP contribution in [0.25, 0.3) is 0 Å². The first-order valence-corrected chi connectivity index (χ1v) is 4.81. The lowest BCUT2D eigenvalue weighted by atomic mass is 10.1. The van der Waals surface area contributed by atoms with Crippen molar-refractivity contribution in [1.82, 2.24) is 0 Å². The first kappa shape index (κ1) is 9.21. The van der Waals surface area contributed by atoms with Gasteiger partial charge in [-0.1, -0.05) is 12.8 Å². The summed E-state index contributed by atoms with van der Waals surface area (Å²) >= 11 is 0. The Morgan fingerprint density at radius 1 is 1.33 bits per heavy atom. The topological polar surface area (TPSA) is 0 Å². The van der Waals surface area contributed by atoms with Crippen molar-refractivity contribution in [2.24, 2.45) is 11.8 Å². The average molecular weight is 160 g/mol. The highest BCUT2D eigenvalue weighted by molar-refractivity contribution is 5.09. The molecule has 1 rings (SSSR count). The van der Waals surface area contributed by atoms with E-state index >= 15 is 0 Å². The second kappa shape index (κ2) is 4.89. The highest BCUT2D eigenvalue weighted by atomic mass is 14.2. The molecule has 64 valence electrons. The van der Waals surface area contributed by atoms with Crippen LogP contribution in [-0.4, -0.2) is 0 Å². The van der Waals surface area contributed by atoms with Gasteiger partial charge in [0.1, 0.15) is 0 Å². The first-order chi connectivity index (χ1) is 5.86. The molecule has 0 bridgehead atoms. The van der Waals surface area contributed by atoms with Crippen LogP contribution in [0.15, 0.2) is 0 Å². The normalized spacial score (nSPS) is 27.3. The summed E-state index contributed by atoms with van der Waals surface area (Å²) in [5.41, 5.74) is 0. The molecule has 1 aliphatic carbocycles. The minimum Gasteiger partial charge on any atom is -0.120 e. The summed E-state index contributed by atoms with van der Waals surface area (Å²) in [7, 11) is 0. The fourth-order valence-electron chi connectivity index (χ4n) is 1.61. The Morgan fingerprint density at radius 2 is 2.08 bits per heavy atom. The zero-order chi connectivity index (χ0) is 8.81. The van der Waals surface area contributed by atoms with Crippen LogP contribution in [0.5, 0.6) is 0 Å². The summed E-state index contributed by atoms with van der Waals surface area (Å²) in [6.45, 7) is 2.16. The zero-order valence-electron chi connectivity index (χ0n) is 7.77. The largest absolute Gasteiger partial charge is 0.120 e. The number of hydrogen-bond donors (Lipinski definition) is 0. The summed E-state index contributed by atoms with van der Waals surface area (Å²) in [5, 5.41) is 0. The highest BCUT2D eigenvalue weighted by Gasteiger charge is 2.20. The SMILES string of the molecule is C#CC1CCC(C#CCCC)C1. The van der Waals surface area contributed by atoms with E-state index in [-0.39, 0.29) is 0 Å². The molecule has 0 aromatic heterocycles. The highest BCUT2D eigenvalue weighted by Crippen LogP contribution is 2.29. The van der Waals surface area contributed by atoms with Crippen LogP contribution in [0, 0.1) is 36.0 Å². The lowest BCUT2D eigenvalue weighted by Gasteiger charge is -1.97. The Balaban J connectivity index is 2.30. The van der Waals surface area contributed by atoms with Gasteiger partial charge in [0.2, 0.25) is 0 Å². The van der Waals surface area contributed by atoms with Crippen LogP contribution in [0.4, 0.5) is 0 Å². The molecule has 0 spiro atoms. The van der Waals surface area contributed by atoms with E-state index in [2.05, 4.69) is 24.7 Å². The van der Waals surface area contributed by atoms with Gasteiger partial charge < -0.3 is 0 Å². The number of hydrogen-bond acceptors (Lipinski definition) is 0. The standard InChI is InChI=1S/C12H16/c1-3-5-6-7-12-9-8-11(4-2)10-12/h2,11-12H,3,5,8-10H2,1H3. The third-order valence-corrected chi connectivity index (χ3v) is 2.35. The Morgan fingerprint density at radius 3 is 2.67 bits per heavy atom. The van der Waals surface area contributed by atoms with Crippen molar-refractivity contribution in [3.8, 4) is 24.2 Å². The van der Waals surface area contributed by atoms with Crippen molar-refractivity contribution < 1.29 is 0 Å². The number of rotatable bonds is 1. The van der Waals surface area contributed by atoms with Crippen molar-refractivity contribution in [3.05, 3.63) is 0 Å². The molecule has 1 aliphatic rings. The molecule has 0 heteroatoms. The van der Waals surface area contributed by atoms with Crippen LogP contribution in [0.3, 0.4) is 0 Å². The molecule has 1 saturated carbocycles. The molecule has 0 aromatic carbocycles. The molecule has 0 radical (unpaired) electrons. The van der Waals surface area contributed by atoms with E-state index in [1.807, 2.05) is 0 Å². The summed E-state index contributed by atoms with van der Waals surface area (Å²) < 4.78 is 0. The van der Waals surface area contributed by atoms with E-state index in [9.17, 15) is 0 Å². The predicted molar refractivity (Wildman–Crippen MR) is 52.3 cm³/mol. The smallest absolute Gasteiger partial charge is 0.0215 e. The minimum atomic E-state index is 0.505. The molecule has 0 saturated heterocycles. The Bertz CT molecular complexity index is 221. The minimum absolute atomic E-state index is 0.505. The first-order valence-electron chi connectivity index (χ1n) is 4.81. The van der Waals surface area contributed by atoms with Gasteiger partial charge in [-0.25, -0.2) is 0 Å². The second-order valence-corrected chi connectivity index (χ2v) is 3.44. The maximum absolute atomic E-state index is 5.35. The van der Waals surface area contributed by atoms with Gasteiger partial charge in [0.05, 0.1) is 0 Å². The molecule has 0 aromatic rings. The van der Waals surface area contributed by atoms with Crippen molar-refractivity contribution in [1.29, 1.82) is 0 Å². The molecule has 0 amide bonds. The molecule has 2 atom stereocenters. The molecular weight excluding hydrogens is 144 g/mol. The van der Waals surface area contributed by atoms with Crippen LogP contribution in [0.2, 0.25) is 0 Å². The van der Waals surface area contributed by atoms with Gasteiger partial charge in [0, 0.05) is 18.3 Å². The van der Waals surface area contributed by atoms with Crippen LogP contribution < -0.4 is 0 Å². The molecule has 1 fully saturated rings. The van der Waals surface area contributed by atoms with Crippen LogP contribution in [-0.2, 0) is 0 Å².